The Morgan fingerprint density at radius 1 is 1.21 bits per heavy atom. The number of likely N-dealkylation sites (tertiary alicyclic amines) is 1. The Kier molecular flexibility index (Phi) is 7.22. The van der Waals surface area contributed by atoms with Gasteiger partial charge in [-0.2, -0.15) is 0 Å². The fraction of sp³-hybridized carbons (Fsp3) is 0.727. The fourth-order valence-electron chi connectivity index (χ4n) is 4.80. The summed E-state index contributed by atoms with van der Waals surface area (Å²) >= 11 is 0. The van der Waals surface area contributed by atoms with Gasteiger partial charge in [0.15, 0.2) is 5.96 Å². The number of nitrogens with zero attached hydrogens (tertiary/aromatic N) is 4. The van der Waals surface area contributed by atoms with Crippen molar-refractivity contribution in [3.05, 3.63) is 23.9 Å². The summed E-state index contributed by atoms with van der Waals surface area (Å²) in [4.78, 5) is 14.5. The van der Waals surface area contributed by atoms with E-state index in [0.29, 0.717) is 12.6 Å². The van der Waals surface area contributed by atoms with Gasteiger partial charge in [0, 0.05) is 56.6 Å². The average Bonchev–Trinajstić information content (AvgIpc) is 3.45. The third-order valence-corrected chi connectivity index (χ3v) is 6.33. The molecule has 0 bridgehead atoms. The number of ether oxygens (including phenoxy) is 1. The number of anilines is 1. The van der Waals surface area contributed by atoms with Gasteiger partial charge in [0.2, 0.25) is 0 Å². The summed E-state index contributed by atoms with van der Waals surface area (Å²) in [5.41, 5.74) is 1.17. The van der Waals surface area contributed by atoms with E-state index in [0.717, 1.165) is 57.2 Å². The molecule has 2 saturated heterocycles. The zero-order chi connectivity index (χ0) is 19.9. The van der Waals surface area contributed by atoms with Crippen molar-refractivity contribution >= 4 is 11.8 Å². The monoisotopic (exact) mass is 400 g/mol. The van der Waals surface area contributed by atoms with E-state index in [1.165, 1.54) is 44.2 Å². The number of rotatable bonds is 6. The van der Waals surface area contributed by atoms with E-state index in [1.807, 2.05) is 12.3 Å². The van der Waals surface area contributed by atoms with Gasteiger partial charge in [0.1, 0.15) is 5.82 Å². The summed E-state index contributed by atoms with van der Waals surface area (Å²) in [5, 5.41) is 7.11. The molecule has 2 aliphatic heterocycles. The number of pyridine rings is 1. The predicted octanol–water partition coefficient (Wildman–Crippen LogP) is 1.99. The van der Waals surface area contributed by atoms with Crippen LogP contribution in [0.5, 0.6) is 0 Å². The van der Waals surface area contributed by atoms with Gasteiger partial charge >= 0.3 is 0 Å². The first kappa shape index (κ1) is 20.4. The summed E-state index contributed by atoms with van der Waals surface area (Å²) in [6.45, 7) is 9.30. The highest BCUT2D eigenvalue weighted by Crippen LogP contribution is 2.26. The van der Waals surface area contributed by atoms with Crippen molar-refractivity contribution < 1.29 is 4.74 Å². The maximum atomic E-state index is 5.49. The number of aromatic nitrogens is 1. The van der Waals surface area contributed by atoms with Gasteiger partial charge in [0.05, 0.1) is 19.8 Å². The third-order valence-electron chi connectivity index (χ3n) is 6.33. The van der Waals surface area contributed by atoms with Crippen LogP contribution in [0.4, 0.5) is 5.82 Å². The molecule has 160 valence electrons. The topological polar surface area (TPSA) is 65.0 Å². The first-order chi connectivity index (χ1) is 14.3. The van der Waals surface area contributed by atoms with Crippen molar-refractivity contribution in [2.75, 3.05) is 50.8 Å². The van der Waals surface area contributed by atoms with Crippen molar-refractivity contribution in [3.8, 4) is 0 Å². The molecule has 2 N–H and O–H groups in total. The zero-order valence-electron chi connectivity index (χ0n) is 17.8. The van der Waals surface area contributed by atoms with Crippen LogP contribution in [0.1, 0.15) is 44.6 Å². The molecule has 0 spiro atoms. The molecule has 4 rings (SSSR count). The van der Waals surface area contributed by atoms with Gasteiger partial charge in [-0.25, -0.2) is 9.98 Å². The van der Waals surface area contributed by atoms with Gasteiger partial charge in [-0.3, -0.25) is 4.90 Å². The van der Waals surface area contributed by atoms with Crippen LogP contribution in [0.25, 0.3) is 0 Å². The van der Waals surface area contributed by atoms with Crippen LogP contribution in [-0.4, -0.2) is 73.9 Å². The lowest BCUT2D eigenvalue weighted by atomic mass is 10.2. The number of hydrogen-bond acceptors (Lipinski definition) is 5. The van der Waals surface area contributed by atoms with Crippen LogP contribution < -0.4 is 15.5 Å². The second-order valence-corrected chi connectivity index (χ2v) is 8.34. The van der Waals surface area contributed by atoms with Crippen molar-refractivity contribution in [3.63, 3.8) is 0 Å². The molecular formula is C22H36N6O. The van der Waals surface area contributed by atoms with Crippen LogP contribution in [0, 0.1) is 0 Å². The number of guanidine groups is 1. The van der Waals surface area contributed by atoms with Gasteiger partial charge in [-0.1, -0.05) is 18.9 Å². The number of nitrogens with one attached hydrogen (secondary N) is 2. The lowest BCUT2D eigenvalue weighted by Crippen LogP contribution is -2.45. The summed E-state index contributed by atoms with van der Waals surface area (Å²) in [5.74, 6) is 1.96. The molecule has 1 atom stereocenters. The third kappa shape index (κ3) is 5.39. The minimum atomic E-state index is 0.487. The highest BCUT2D eigenvalue weighted by molar-refractivity contribution is 5.80. The van der Waals surface area contributed by atoms with Crippen LogP contribution in [0.3, 0.4) is 0 Å². The molecule has 0 radical (unpaired) electrons. The molecule has 3 heterocycles. The minimum absolute atomic E-state index is 0.487. The van der Waals surface area contributed by atoms with Crippen molar-refractivity contribution in [1.29, 1.82) is 0 Å². The van der Waals surface area contributed by atoms with Gasteiger partial charge < -0.3 is 20.3 Å². The maximum absolute atomic E-state index is 5.49. The molecule has 1 saturated carbocycles. The highest BCUT2D eigenvalue weighted by atomic mass is 16.5. The first-order valence-electron chi connectivity index (χ1n) is 11.4. The van der Waals surface area contributed by atoms with E-state index in [-0.39, 0.29) is 0 Å². The Morgan fingerprint density at radius 3 is 2.83 bits per heavy atom. The SMILES string of the molecule is CCNC(=NCc1cccnc1N1CCOCC1)NC1CCN(C2CCCC2)C1. The Morgan fingerprint density at radius 2 is 2.03 bits per heavy atom. The standard InChI is InChI=1S/C22H36N6O/c1-2-23-22(26-19-9-11-28(17-19)20-7-3-4-8-20)25-16-18-6-5-10-24-21(18)27-12-14-29-15-13-27/h5-6,10,19-20H,2-4,7-9,11-17H2,1H3,(H2,23,25,26). The number of morpholine rings is 1. The van der Waals surface area contributed by atoms with Crippen LogP contribution in [0.2, 0.25) is 0 Å². The molecule has 1 aliphatic carbocycles. The molecule has 3 fully saturated rings. The number of hydrogen-bond donors (Lipinski definition) is 2. The van der Waals surface area contributed by atoms with E-state index in [4.69, 9.17) is 9.73 Å². The maximum Gasteiger partial charge on any atom is 0.191 e. The zero-order valence-corrected chi connectivity index (χ0v) is 17.8. The Balaban J connectivity index is 1.37. The smallest absolute Gasteiger partial charge is 0.191 e. The largest absolute Gasteiger partial charge is 0.378 e. The van der Waals surface area contributed by atoms with Gasteiger partial charge in [-0.05, 0) is 32.3 Å². The molecule has 0 aromatic carbocycles. The average molecular weight is 401 g/mol. The lowest BCUT2D eigenvalue weighted by molar-refractivity contribution is 0.122. The summed E-state index contributed by atoms with van der Waals surface area (Å²) in [6.07, 6.45) is 8.64. The highest BCUT2D eigenvalue weighted by Gasteiger charge is 2.30. The van der Waals surface area contributed by atoms with E-state index >= 15 is 0 Å². The first-order valence-corrected chi connectivity index (χ1v) is 11.4. The van der Waals surface area contributed by atoms with Crippen LogP contribution in [0.15, 0.2) is 23.3 Å². The van der Waals surface area contributed by atoms with Crippen LogP contribution in [-0.2, 0) is 11.3 Å². The molecule has 1 aromatic heterocycles. The summed E-state index contributed by atoms with van der Waals surface area (Å²) in [6, 6.07) is 5.45. The molecule has 7 heteroatoms. The molecule has 1 aromatic rings. The second-order valence-electron chi connectivity index (χ2n) is 8.34. The van der Waals surface area contributed by atoms with Gasteiger partial charge in [-0.15, -0.1) is 0 Å². The quantitative estimate of drug-likeness (QED) is 0.562. The van der Waals surface area contributed by atoms with Crippen molar-refractivity contribution in [2.45, 2.75) is 57.7 Å². The molecular weight excluding hydrogens is 364 g/mol. The lowest BCUT2D eigenvalue weighted by Gasteiger charge is -2.29. The second kappa shape index (κ2) is 10.3. The molecule has 0 amide bonds. The molecule has 1 unspecified atom stereocenters. The Bertz CT molecular complexity index is 669. The van der Waals surface area contributed by atoms with E-state index < -0.39 is 0 Å². The normalized spacial score (nSPS) is 24.2. The van der Waals surface area contributed by atoms with E-state index in [2.05, 4.69) is 38.4 Å². The van der Waals surface area contributed by atoms with Crippen LogP contribution >= 0.6 is 0 Å². The minimum Gasteiger partial charge on any atom is -0.378 e. The summed E-state index contributed by atoms with van der Waals surface area (Å²) in [7, 11) is 0. The molecule has 29 heavy (non-hydrogen) atoms. The van der Waals surface area contributed by atoms with E-state index in [1.54, 1.807) is 0 Å². The van der Waals surface area contributed by atoms with E-state index in [9.17, 15) is 0 Å². The molecule has 3 aliphatic rings. The van der Waals surface area contributed by atoms with Crippen molar-refractivity contribution in [2.24, 2.45) is 4.99 Å². The number of aliphatic imine (C=N–C) groups is 1. The summed E-state index contributed by atoms with van der Waals surface area (Å²) < 4.78 is 5.49. The Labute approximate surface area is 174 Å². The van der Waals surface area contributed by atoms with Gasteiger partial charge in [0.25, 0.3) is 0 Å². The van der Waals surface area contributed by atoms with Crippen molar-refractivity contribution in [1.82, 2.24) is 20.5 Å². The Hall–Kier alpha value is -1.86. The fourth-order valence-corrected chi connectivity index (χ4v) is 4.80. The molecule has 7 nitrogen and oxygen atoms in total. The predicted molar refractivity (Wildman–Crippen MR) is 117 cm³/mol.